The maximum atomic E-state index is 5.32. The van der Waals surface area contributed by atoms with E-state index in [0.29, 0.717) is 6.61 Å². The minimum absolute atomic E-state index is 0.485. The number of ether oxygens (including phenoxy) is 1. The van der Waals surface area contributed by atoms with Gasteiger partial charge in [0.05, 0.1) is 12.4 Å². The number of nitrogens with zero attached hydrogens (tertiary/aromatic N) is 2. The smallest absolute Gasteiger partial charge is 0.157 e. The molecular weight excluding hydrogens is 176 g/mol. The highest BCUT2D eigenvalue weighted by Gasteiger charge is 1.94. The van der Waals surface area contributed by atoms with Crippen molar-refractivity contribution in [3.05, 3.63) is 24.0 Å². The van der Waals surface area contributed by atoms with Crippen LogP contribution in [0.3, 0.4) is 0 Å². The third-order valence-corrected chi connectivity index (χ3v) is 1.55. The summed E-state index contributed by atoms with van der Waals surface area (Å²) in [4.78, 5) is 0. The standard InChI is InChI=1S/C8H11ClN2O/c1-2-11-7-8(6-10-11)12-5-3-4-9/h3-4,6-7H,2,5H2,1H3/b4-3+. The van der Waals surface area contributed by atoms with E-state index < -0.39 is 0 Å². The molecule has 0 bridgehead atoms. The van der Waals surface area contributed by atoms with Gasteiger partial charge in [0, 0.05) is 12.1 Å². The van der Waals surface area contributed by atoms with Gasteiger partial charge in [-0.25, -0.2) is 0 Å². The van der Waals surface area contributed by atoms with Gasteiger partial charge in [-0.3, -0.25) is 4.68 Å². The Balaban J connectivity index is 2.41. The van der Waals surface area contributed by atoms with Gasteiger partial charge >= 0.3 is 0 Å². The Morgan fingerprint density at radius 1 is 1.75 bits per heavy atom. The van der Waals surface area contributed by atoms with Crippen molar-refractivity contribution in [2.24, 2.45) is 0 Å². The van der Waals surface area contributed by atoms with Crippen molar-refractivity contribution in [1.82, 2.24) is 9.78 Å². The Bertz CT molecular complexity index is 257. The van der Waals surface area contributed by atoms with E-state index >= 15 is 0 Å². The molecule has 1 heterocycles. The Labute approximate surface area is 76.6 Å². The average Bonchev–Trinajstić information content (AvgIpc) is 2.53. The zero-order valence-corrected chi connectivity index (χ0v) is 7.66. The second-order valence-corrected chi connectivity index (χ2v) is 2.46. The van der Waals surface area contributed by atoms with Crippen LogP contribution in [-0.2, 0) is 6.54 Å². The third kappa shape index (κ3) is 2.58. The normalized spacial score (nSPS) is 10.8. The maximum absolute atomic E-state index is 5.32. The molecule has 0 spiro atoms. The first kappa shape index (κ1) is 9.13. The van der Waals surface area contributed by atoms with Gasteiger partial charge in [-0.15, -0.1) is 0 Å². The molecule has 0 aliphatic carbocycles. The van der Waals surface area contributed by atoms with Crippen LogP contribution >= 0.6 is 11.6 Å². The largest absolute Gasteiger partial charge is 0.486 e. The second kappa shape index (κ2) is 4.83. The first-order valence-corrected chi connectivity index (χ1v) is 4.21. The summed E-state index contributed by atoms with van der Waals surface area (Å²) < 4.78 is 7.08. The van der Waals surface area contributed by atoms with E-state index in [1.165, 1.54) is 5.54 Å². The molecule has 1 aromatic rings. The predicted molar refractivity (Wildman–Crippen MR) is 48.4 cm³/mol. The number of aromatic nitrogens is 2. The molecule has 0 unspecified atom stereocenters. The van der Waals surface area contributed by atoms with Crippen molar-refractivity contribution in [3.8, 4) is 5.75 Å². The molecule has 0 amide bonds. The first-order valence-electron chi connectivity index (χ1n) is 3.77. The van der Waals surface area contributed by atoms with Gasteiger partial charge in [0.1, 0.15) is 6.61 Å². The number of aryl methyl sites for hydroxylation is 1. The molecular formula is C8H11ClN2O. The van der Waals surface area contributed by atoms with Gasteiger partial charge in [0.2, 0.25) is 0 Å². The van der Waals surface area contributed by atoms with E-state index in [-0.39, 0.29) is 0 Å². The van der Waals surface area contributed by atoms with Gasteiger partial charge in [-0.2, -0.15) is 5.10 Å². The van der Waals surface area contributed by atoms with Crippen molar-refractivity contribution >= 4 is 11.6 Å². The van der Waals surface area contributed by atoms with Gasteiger partial charge in [0.15, 0.2) is 5.75 Å². The van der Waals surface area contributed by atoms with E-state index in [9.17, 15) is 0 Å². The van der Waals surface area contributed by atoms with Crippen molar-refractivity contribution < 1.29 is 4.74 Å². The van der Waals surface area contributed by atoms with Crippen molar-refractivity contribution in [2.75, 3.05) is 6.61 Å². The Kier molecular flexibility index (Phi) is 3.67. The molecule has 66 valence electrons. The SMILES string of the molecule is CCn1cc(OC/C=C/Cl)cn1. The molecule has 0 atom stereocenters. The lowest BCUT2D eigenvalue weighted by molar-refractivity contribution is 0.362. The molecule has 0 radical (unpaired) electrons. The van der Waals surface area contributed by atoms with Crippen LogP contribution < -0.4 is 4.74 Å². The fourth-order valence-corrected chi connectivity index (χ4v) is 0.846. The second-order valence-electron chi connectivity index (χ2n) is 2.20. The summed E-state index contributed by atoms with van der Waals surface area (Å²) in [6.45, 7) is 3.36. The van der Waals surface area contributed by atoms with Crippen LogP contribution in [0.1, 0.15) is 6.92 Å². The van der Waals surface area contributed by atoms with E-state index in [0.717, 1.165) is 12.3 Å². The van der Waals surface area contributed by atoms with E-state index in [1.807, 2.05) is 13.1 Å². The monoisotopic (exact) mass is 186 g/mol. The lowest BCUT2D eigenvalue weighted by Gasteiger charge is -1.96. The molecule has 0 saturated carbocycles. The van der Waals surface area contributed by atoms with Gasteiger partial charge in [0.25, 0.3) is 0 Å². The van der Waals surface area contributed by atoms with Crippen LogP contribution in [0.15, 0.2) is 24.0 Å². The summed E-state index contributed by atoms with van der Waals surface area (Å²) in [6, 6.07) is 0. The predicted octanol–water partition coefficient (Wildman–Crippen LogP) is 2.03. The number of hydrogen-bond acceptors (Lipinski definition) is 2. The van der Waals surface area contributed by atoms with Crippen molar-refractivity contribution in [3.63, 3.8) is 0 Å². The molecule has 1 aromatic heterocycles. The molecule has 0 aliphatic heterocycles. The molecule has 0 aromatic carbocycles. The Morgan fingerprint density at radius 3 is 3.17 bits per heavy atom. The molecule has 0 saturated heterocycles. The summed E-state index contributed by atoms with van der Waals surface area (Å²) in [5.74, 6) is 0.770. The highest BCUT2D eigenvalue weighted by molar-refractivity contribution is 6.25. The third-order valence-electron chi connectivity index (χ3n) is 1.37. The Morgan fingerprint density at radius 2 is 2.58 bits per heavy atom. The molecule has 1 rings (SSSR count). The summed E-state index contributed by atoms with van der Waals surface area (Å²) in [5, 5.41) is 4.05. The van der Waals surface area contributed by atoms with Crippen LogP contribution in [0, 0.1) is 0 Å². The molecule has 0 N–H and O–H groups in total. The zero-order chi connectivity index (χ0) is 8.81. The number of rotatable bonds is 4. The zero-order valence-electron chi connectivity index (χ0n) is 6.90. The summed E-state index contributed by atoms with van der Waals surface area (Å²) in [7, 11) is 0. The average molecular weight is 187 g/mol. The lowest BCUT2D eigenvalue weighted by atomic mass is 10.6. The van der Waals surface area contributed by atoms with Crippen LogP contribution in [0.4, 0.5) is 0 Å². The number of hydrogen-bond donors (Lipinski definition) is 0. The Hall–Kier alpha value is -0.960. The van der Waals surface area contributed by atoms with Crippen LogP contribution in [0.2, 0.25) is 0 Å². The summed E-state index contributed by atoms with van der Waals surface area (Å²) in [5.41, 5.74) is 1.43. The van der Waals surface area contributed by atoms with Gasteiger partial charge < -0.3 is 4.74 Å². The minimum atomic E-state index is 0.485. The topological polar surface area (TPSA) is 27.1 Å². The molecule has 3 nitrogen and oxygen atoms in total. The first-order chi connectivity index (χ1) is 5.86. The van der Waals surface area contributed by atoms with Crippen molar-refractivity contribution in [1.29, 1.82) is 0 Å². The summed E-state index contributed by atoms with van der Waals surface area (Å²) >= 11 is 5.32. The highest BCUT2D eigenvalue weighted by atomic mass is 35.5. The van der Waals surface area contributed by atoms with Crippen LogP contribution in [0.25, 0.3) is 0 Å². The lowest BCUT2D eigenvalue weighted by Crippen LogP contribution is -1.93. The van der Waals surface area contributed by atoms with E-state index in [4.69, 9.17) is 16.3 Å². The van der Waals surface area contributed by atoms with Gasteiger partial charge in [-0.1, -0.05) is 11.6 Å². The fourth-order valence-electron chi connectivity index (χ4n) is 0.773. The molecule has 12 heavy (non-hydrogen) atoms. The molecule has 4 heteroatoms. The number of halogens is 1. The minimum Gasteiger partial charge on any atom is -0.486 e. The van der Waals surface area contributed by atoms with E-state index in [2.05, 4.69) is 5.10 Å². The van der Waals surface area contributed by atoms with Crippen molar-refractivity contribution in [2.45, 2.75) is 13.5 Å². The fraction of sp³-hybridized carbons (Fsp3) is 0.375. The van der Waals surface area contributed by atoms with Gasteiger partial charge in [-0.05, 0) is 13.0 Å². The van der Waals surface area contributed by atoms with Crippen LogP contribution in [0.5, 0.6) is 5.75 Å². The van der Waals surface area contributed by atoms with E-state index in [1.54, 1.807) is 17.0 Å². The molecule has 0 aliphatic rings. The van der Waals surface area contributed by atoms with Crippen LogP contribution in [-0.4, -0.2) is 16.4 Å². The maximum Gasteiger partial charge on any atom is 0.157 e. The quantitative estimate of drug-likeness (QED) is 0.720. The summed E-state index contributed by atoms with van der Waals surface area (Å²) in [6.07, 6.45) is 5.26. The molecule has 0 fully saturated rings. The highest BCUT2D eigenvalue weighted by Crippen LogP contribution is 2.07.